The van der Waals surface area contributed by atoms with Crippen molar-refractivity contribution < 1.29 is 18.3 Å². The van der Waals surface area contributed by atoms with Crippen molar-refractivity contribution in [2.45, 2.75) is 38.6 Å². The van der Waals surface area contributed by atoms with E-state index in [0.717, 1.165) is 30.2 Å². The van der Waals surface area contributed by atoms with Crippen LogP contribution in [0, 0.1) is 0 Å². The maximum absolute atomic E-state index is 12.9. The summed E-state index contributed by atoms with van der Waals surface area (Å²) < 4.78 is 40.3. The summed E-state index contributed by atoms with van der Waals surface area (Å²) in [4.78, 5) is 3.80. The third-order valence-corrected chi connectivity index (χ3v) is 3.92. The quantitative estimate of drug-likeness (QED) is 0.873. The maximum Gasteiger partial charge on any atom is 0.434 e. The van der Waals surface area contributed by atoms with Crippen LogP contribution in [0.5, 0.6) is 0 Å². The third kappa shape index (κ3) is 2.44. The Hall–Kier alpha value is -1.82. The zero-order valence-electron chi connectivity index (χ0n) is 11.5. The standard InChI is InChI=1S/C15H15F3N2O/c1-9-2-4-11-6-10(8-21)3-5-12(11)14-19-13(7-20(9)14)15(16,17)18/h3,5-7,9,21H,2,4,8H2,1H3. The van der Waals surface area contributed by atoms with E-state index >= 15 is 0 Å². The maximum atomic E-state index is 12.9. The average Bonchev–Trinajstić information content (AvgIpc) is 2.84. The SMILES string of the molecule is CC1CCc2cc(CO)ccc2-c2nc(C(F)(F)F)cn21. The molecule has 0 saturated heterocycles. The fraction of sp³-hybridized carbons (Fsp3) is 0.400. The van der Waals surface area contributed by atoms with Gasteiger partial charge in [-0.3, -0.25) is 0 Å². The van der Waals surface area contributed by atoms with Crippen LogP contribution in [0.1, 0.15) is 36.2 Å². The van der Waals surface area contributed by atoms with Crippen LogP contribution in [-0.4, -0.2) is 14.7 Å². The second-order valence-electron chi connectivity index (χ2n) is 5.39. The van der Waals surface area contributed by atoms with E-state index in [-0.39, 0.29) is 12.6 Å². The number of aryl methyl sites for hydroxylation is 1. The molecule has 0 saturated carbocycles. The summed E-state index contributed by atoms with van der Waals surface area (Å²) in [7, 11) is 0. The number of hydrogen-bond acceptors (Lipinski definition) is 2. The minimum atomic E-state index is -4.44. The number of imidazole rings is 1. The fourth-order valence-electron chi connectivity index (χ4n) is 2.74. The molecule has 0 bridgehead atoms. The molecule has 21 heavy (non-hydrogen) atoms. The topological polar surface area (TPSA) is 38.1 Å². The van der Waals surface area contributed by atoms with Gasteiger partial charge >= 0.3 is 6.18 Å². The smallest absolute Gasteiger partial charge is 0.392 e. The molecule has 3 rings (SSSR count). The van der Waals surface area contributed by atoms with E-state index in [1.54, 1.807) is 16.7 Å². The fourth-order valence-corrected chi connectivity index (χ4v) is 2.74. The lowest BCUT2D eigenvalue weighted by Gasteiger charge is -2.11. The number of halogens is 3. The predicted octanol–water partition coefficient (Wildman–Crippen LogP) is 3.57. The Morgan fingerprint density at radius 3 is 2.81 bits per heavy atom. The zero-order chi connectivity index (χ0) is 15.2. The van der Waals surface area contributed by atoms with Crippen LogP contribution >= 0.6 is 0 Å². The number of aliphatic hydroxyl groups is 1. The van der Waals surface area contributed by atoms with Gasteiger partial charge in [0.25, 0.3) is 0 Å². The highest BCUT2D eigenvalue weighted by molar-refractivity contribution is 5.63. The van der Waals surface area contributed by atoms with Crippen LogP contribution in [-0.2, 0) is 19.2 Å². The molecular formula is C15H15F3N2O. The van der Waals surface area contributed by atoms with Crippen molar-refractivity contribution in [3.05, 3.63) is 41.2 Å². The molecule has 0 radical (unpaired) electrons. The highest BCUT2D eigenvalue weighted by Gasteiger charge is 2.36. The molecule has 1 aromatic heterocycles. The number of fused-ring (bicyclic) bond motifs is 3. The van der Waals surface area contributed by atoms with Crippen LogP contribution in [0.4, 0.5) is 13.2 Å². The first-order chi connectivity index (χ1) is 9.90. The highest BCUT2D eigenvalue weighted by atomic mass is 19.4. The number of alkyl halides is 3. The minimum absolute atomic E-state index is 0.0476. The molecule has 0 aliphatic carbocycles. The van der Waals surface area contributed by atoms with Crippen molar-refractivity contribution in [1.29, 1.82) is 0 Å². The summed E-state index contributed by atoms with van der Waals surface area (Å²) in [6.45, 7) is 1.81. The van der Waals surface area contributed by atoms with Crippen molar-refractivity contribution in [3.63, 3.8) is 0 Å². The van der Waals surface area contributed by atoms with Gasteiger partial charge in [-0.25, -0.2) is 4.98 Å². The Labute approximate surface area is 120 Å². The van der Waals surface area contributed by atoms with Gasteiger partial charge in [-0.2, -0.15) is 13.2 Å². The number of hydrogen-bond donors (Lipinski definition) is 1. The van der Waals surface area contributed by atoms with Gasteiger partial charge in [0.1, 0.15) is 5.82 Å². The summed E-state index contributed by atoms with van der Waals surface area (Å²) in [5.41, 5.74) is 1.56. The van der Waals surface area contributed by atoms with Gasteiger partial charge in [-0.05, 0) is 30.9 Å². The number of aromatic nitrogens is 2. The number of benzene rings is 1. The van der Waals surface area contributed by atoms with Gasteiger partial charge in [-0.15, -0.1) is 0 Å². The molecule has 2 aromatic rings. The molecule has 1 unspecified atom stereocenters. The van der Waals surface area contributed by atoms with Gasteiger partial charge in [0.2, 0.25) is 0 Å². The molecule has 6 heteroatoms. The molecule has 1 aliphatic heterocycles. The molecule has 1 N–H and O–H groups in total. The third-order valence-electron chi connectivity index (χ3n) is 3.92. The second-order valence-corrected chi connectivity index (χ2v) is 5.39. The zero-order valence-corrected chi connectivity index (χ0v) is 11.5. The Balaban J connectivity index is 2.18. The molecule has 1 aromatic carbocycles. The van der Waals surface area contributed by atoms with Gasteiger partial charge < -0.3 is 9.67 Å². The second kappa shape index (κ2) is 4.87. The summed E-state index contributed by atoms with van der Waals surface area (Å²) in [5, 5.41) is 9.20. The normalized spacial score (nSPS) is 18.0. The monoisotopic (exact) mass is 296 g/mol. The van der Waals surface area contributed by atoms with Gasteiger partial charge in [-0.1, -0.05) is 18.2 Å². The van der Waals surface area contributed by atoms with E-state index in [0.29, 0.717) is 11.4 Å². The first kappa shape index (κ1) is 14.1. The van der Waals surface area contributed by atoms with Crippen molar-refractivity contribution in [2.24, 2.45) is 0 Å². The van der Waals surface area contributed by atoms with Crippen molar-refractivity contribution in [1.82, 2.24) is 9.55 Å². The molecule has 1 atom stereocenters. The molecule has 112 valence electrons. The number of aliphatic hydroxyl groups excluding tert-OH is 1. The van der Waals surface area contributed by atoms with Crippen molar-refractivity contribution in [2.75, 3.05) is 0 Å². The molecule has 1 aliphatic rings. The lowest BCUT2D eigenvalue weighted by molar-refractivity contribution is -0.140. The number of rotatable bonds is 1. The van der Waals surface area contributed by atoms with E-state index < -0.39 is 11.9 Å². The average molecular weight is 296 g/mol. The van der Waals surface area contributed by atoms with Gasteiger partial charge in [0.15, 0.2) is 5.69 Å². The molecule has 0 spiro atoms. The van der Waals surface area contributed by atoms with E-state index in [2.05, 4.69) is 4.98 Å². The summed E-state index contributed by atoms with van der Waals surface area (Å²) in [6.07, 6.45) is -1.85. The van der Waals surface area contributed by atoms with Crippen LogP contribution in [0.3, 0.4) is 0 Å². The van der Waals surface area contributed by atoms with Crippen molar-refractivity contribution in [3.8, 4) is 11.4 Å². The molecule has 0 amide bonds. The first-order valence-electron chi connectivity index (χ1n) is 6.79. The Morgan fingerprint density at radius 2 is 2.14 bits per heavy atom. The predicted molar refractivity (Wildman–Crippen MR) is 71.6 cm³/mol. The van der Waals surface area contributed by atoms with Gasteiger partial charge in [0.05, 0.1) is 6.61 Å². The van der Waals surface area contributed by atoms with Crippen LogP contribution in [0.25, 0.3) is 11.4 Å². The molecule has 2 heterocycles. The Bertz CT molecular complexity index is 676. The lowest BCUT2D eigenvalue weighted by atomic mass is 10.00. The highest BCUT2D eigenvalue weighted by Crippen LogP contribution is 2.37. The first-order valence-corrected chi connectivity index (χ1v) is 6.79. The summed E-state index contributed by atoms with van der Waals surface area (Å²) in [5.74, 6) is 0.354. The summed E-state index contributed by atoms with van der Waals surface area (Å²) in [6, 6.07) is 5.27. The summed E-state index contributed by atoms with van der Waals surface area (Å²) >= 11 is 0. The molecule has 3 nitrogen and oxygen atoms in total. The van der Waals surface area contributed by atoms with E-state index in [1.165, 1.54) is 0 Å². The Kier molecular flexibility index (Phi) is 3.28. The largest absolute Gasteiger partial charge is 0.434 e. The van der Waals surface area contributed by atoms with E-state index in [4.69, 9.17) is 0 Å². The molecule has 0 fully saturated rings. The van der Waals surface area contributed by atoms with Crippen molar-refractivity contribution >= 4 is 0 Å². The lowest BCUT2D eigenvalue weighted by Crippen LogP contribution is -2.06. The van der Waals surface area contributed by atoms with Crippen LogP contribution < -0.4 is 0 Å². The molecular weight excluding hydrogens is 281 g/mol. The van der Waals surface area contributed by atoms with Crippen LogP contribution in [0.2, 0.25) is 0 Å². The van der Waals surface area contributed by atoms with E-state index in [1.807, 2.05) is 13.0 Å². The van der Waals surface area contributed by atoms with Crippen LogP contribution in [0.15, 0.2) is 24.4 Å². The Morgan fingerprint density at radius 1 is 1.38 bits per heavy atom. The minimum Gasteiger partial charge on any atom is -0.392 e. The van der Waals surface area contributed by atoms with Gasteiger partial charge in [0, 0.05) is 17.8 Å². The number of nitrogens with zero attached hydrogens (tertiary/aromatic N) is 2. The van der Waals surface area contributed by atoms with E-state index in [9.17, 15) is 18.3 Å².